The highest BCUT2D eigenvalue weighted by Crippen LogP contribution is 2.46. The molecule has 0 aromatic heterocycles. The maximum Gasteiger partial charge on any atom is 0.394 e. The van der Waals surface area contributed by atoms with Crippen LogP contribution >= 0.6 is 0 Å². The Kier molecular flexibility index (Phi) is 8.70. The fourth-order valence-corrected chi connectivity index (χ4v) is 2.97. The standard InChI is InChI=1S/C18H37NO4.H2O4S/c1-14(2,3)20-22-18(23-21-15(4,5)6)12-16(7,8)19(11)17(9,10)13-18;1-5(2,3)4/h12-13H2,1-11H3;(H2,1,2,3,4). The molecule has 9 nitrogen and oxygen atoms in total. The van der Waals surface area contributed by atoms with Crippen LogP contribution < -0.4 is 0 Å². The van der Waals surface area contributed by atoms with E-state index in [2.05, 4.69) is 39.6 Å². The predicted molar refractivity (Wildman–Crippen MR) is 106 cm³/mol. The van der Waals surface area contributed by atoms with E-state index in [1.165, 1.54) is 0 Å². The number of rotatable bonds is 4. The van der Waals surface area contributed by atoms with E-state index in [4.69, 9.17) is 37.1 Å². The second-order valence-corrected chi connectivity index (χ2v) is 11.3. The Bertz CT molecular complexity index is 556. The topological polar surface area (TPSA) is 115 Å². The first-order chi connectivity index (χ1) is 12.0. The Labute approximate surface area is 170 Å². The van der Waals surface area contributed by atoms with Gasteiger partial charge in [-0.15, -0.1) is 0 Å². The molecular formula is C18H39NO8S. The maximum absolute atomic E-state index is 8.74. The van der Waals surface area contributed by atoms with Crippen molar-refractivity contribution < 1.29 is 37.1 Å². The van der Waals surface area contributed by atoms with Gasteiger partial charge in [-0.2, -0.15) is 18.2 Å². The van der Waals surface area contributed by atoms with E-state index >= 15 is 0 Å². The summed E-state index contributed by atoms with van der Waals surface area (Å²) in [6.45, 7) is 20.5. The fraction of sp³-hybridized carbons (Fsp3) is 1.00. The number of hydrogen-bond donors (Lipinski definition) is 2. The third-order valence-corrected chi connectivity index (χ3v) is 4.11. The minimum Gasteiger partial charge on any atom is -0.296 e. The van der Waals surface area contributed by atoms with Crippen molar-refractivity contribution in [3.8, 4) is 0 Å². The molecule has 170 valence electrons. The van der Waals surface area contributed by atoms with Gasteiger partial charge in [0.15, 0.2) is 0 Å². The van der Waals surface area contributed by atoms with Crippen LogP contribution in [0.5, 0.6) is 0 Å². The third kappa shape index (κ3) is 11.0. The van der Waals surface area contributed by atoms with Gasteiger partial charge in [0.1, 0.15) is 0 Å². The van der Waals surface area contributed by atoms with Gasteiger partial charge < -0.3 is 0 Å². The van der Waals surface area contributed by atoms with E-state index in [1.54, 1.807) is 0 Å². The molecular weight excluding hydrogens is 390 g/mol. The molecule has 10 heteroatoms. The Morgan fingerprint density at radius 3 is 1.25 bits per heavy atom. The van der Waals surface area contributed by atoms with Crippen molar-refractivity contribution in [3.63, 3.8) is 0 Å². The summed E-state index contributed by atoms with van der Waals surface area (Å²) < 4.78 is 31.6. The maximum atomic E-state index is 8.74. The first-order valence-corrected chi connectivity index (χ1v) is 10.6. The van der Waals surface area contributed by atoms with Gasteiger partial charge >= 0.3 is 10.4 Å². The summed E-state index contributed by atoms with van der Waals surface area (Å²) >= 11 is 0. The van der Waals surface area contributed by atoms with Gasteiger partial charge in [0.05, 0.1) is 11.2 Å². The number of hydrogen-bond acceptors (Lipinski definition) is 7. The minimum atomic E-state index is -4.67. The summed E-state index contributed by atoms with van der Waals surface area (Å²) in [4.78, 5) is 25.4. The lowest BCUT2D eigenvalue weighted by molar-refractivity contribution is -0.553. The normalized spacial score (nSPS) is 22.3. The molecule has 0 aromatic carbocycles. The van der Waals surface area contributed by atoms with Crippen molar-refractivity contribution in [1.29, 1.82) is 0 Å². The molecule has 1 aliphatic rings. The molecule has 2 N–H and O–H groups in total. The highest BCUT2D eigenvalue weighted by molar-refractivity contribution is 7.79. The summed E-state index contributed by atoms with van der Waals surface area (Å²) in [6.07, 6.45) is 1.29. The zero-order chi connectivity index (χ0) is 22.8. The van der Waals surface area contributed by atoms with Crippen molar-refractivity contribution in [1.82, 2.24) is 4.90 Å². The van der Waals surface area contributed by atoms with Crippen molar-refractivity contribution in [2.45, 2.75) is 110 Å². The molecule has 28 heavy (non-hydrogen) atoms. The van der Waals surface area contributed by atoms with E-state index in [0.717, 1.165) is 0 Å². The van der Waals surface area contributed by atoms with Crippen LogP contribution in [0, 0.1) is 0 Å². The Morgan fingerprint density at radius 2 is 1.04 bits per heavy atom. The lowest BCUT2D eigenvalue weighted by Gasteiger charge is -2.56. The third-order valence-electron chi connectivity index (χ3n) is 4.11. The largest absolute Gasteiger partial charge is 0.394 e. The summed E-state index contributed by atoms with van der Waals surface area (Å²) in [6, 6.07) is 0. The van der Waals surface area contributed by atoms with Crippen LogP contribution in [0.4, 0.5) is 0 Å². The van der Waals surface area contributed by atoms with Crippen LogP contribution in [-0.2, 0) is 29.9 Å². The van der Waals surface area contributed by atoms with Gasteiger partial charge in [0.25, 0.3) is 0 Å². The van der Waals surface area contributed by atoms with E-state index < -0.39 is 27.4 Å². The Morgan fingerprint density at radius 1 is 0.786 bits per heavy atom. The Hall–Kier alpha value is -0.330. The van der Waals surface area contributed by atoms with Gasteiger partial charge in [-0.25, -0.2) is 9.78 Å². The van der Waals surface area contributed by atoms with Gasteiger partial charge in [-0.3, -0.25) is 14.0 Å². The van der Waals surface area contributed by atoms with Gasteiger partial charge in [-0.1, -0.05) is 0 Å². The van der Waals surface area contributed by atoms with Crippen LogP contribution in [0.1, 0.15) is 82.1 Å². The van der Waals surface area contributed by atoms with Gasteiger partial charge in [0, 0.05) is 23.9 Å². The molecule has 0 bridgehead atoms. The van der Waals surface area contributed by atoms with Crippen molar-refractivity contribution in [3.05, 3.63) is 0 Å². The molecule has 0 atom stereocenters. The molecule has 1 saturated heterocycles. The molecule has 0 spiro atoms. The lowest BCUT2D eigenvalue weighted by Crippen LogP contribution is -2.65. The van der Waals surface area contributed by atoms with Crippen LogP contribution in [-0.4, -0.2) is 57.5 Å². The van der Waals surface area contributed by atoms with E-state index in [-0.39, 0.29) is 11.1 Å². The van der Waals surface area contributed by atoms with E-state index in [9.17, 15) is 0 Å². The molecule has 0 saturated carbocycles. The van der Waals surface area contributed by atoms with Crippen LogP contribution in [0.25, 0.3) is 0 Å². The van der Waals surface area contributed by atoms with Crippen LogP contribution in [0.15, 0.2) is 0 Å². The highest BCUT2D eigenvalue weighted by atomic mass is 32.3. The number of likely N-dealkylation sites (tertiary alicyclic amines) is 1. The molecule has 1 aliphatic heterocycles. The molecule has 0 aliphatic carbocycles. The first-order valence-electron chi connectivity index (χ1n) is 9.16. The zero-order valence-electron chi connectivity index (χ0n) is 19.1. The van der Waals surface area contributed by atoms with Crippen molar-refractivity contribution >= 4 is 10.4 Å². The summed E-state index contributed by atoms with van der Waals surface area (Å²) in [5.41, 5.74) is -1.08. The first kappa shape index (κ1) is 27.7. The monoisotopic (exact) mass is 429 g/mol. The number of piperidine rings is 1. The average Bonchev–Trinajstić information content (AvgIpc) is 2.37. The zero-order valence-corrected chi connectivity index (χ0v) is 19.9. The molecule has 1 fully saturated rings. The van der Waals surface area contributed by atoms with Crippen LogP contribution in [0.3, 0.4) is 0 Å². The van der Waals surface area contributed by atoms with Crippen molar-refractivity contribution in [2.24, 2.45) is 0 Å². The molecule has 0 aromatic rings. The number of nitrogens with zero attached hydrogens (tertiary/aromatic N) is 1. The lowest BCUT2D eigenvalue weighted by atomic mass is 9.77. The summed E-state index contributed by atoms with van der Waals surface area (Å²) in [7, 11) is -2.53. The SMILES string of the molecule is CN1C(C)(C)CC(OOC(C)(C)C)(OOC(C)(C)C)CC1(C)C.O=S(=O)(O)O. The second kappa shape index (κ2) is 8.81. The van der Waals surface area contributed by atoms with Gasteiger partial charge in [0.2, 0.25) is 5.79 Å². The molecule has 0 radical (unpaired) electrons. The molecule has 0 amide bonds. The highest BCUT2D eigenvalue weighted by Gasteiger charge is 2.55. The fourth-order valence-electron chi connectivity index (χ4n) is 2.97. The molecule has 1 heterocycles. The second-order valence-electron chi connectivity index (χ2n) is 10.5. The minimum absolute atomic E-state index is 0.121. The predicted octanol–water partition coefficient (Wildman–Crippen LogP) is 3.81. The summed E-state index contributed by atoms with van der Waals surface area (Å²) in [5, 5.41) is 0. The molecule has 0 unspecified atom stereocenters. The summed E-state index contributed by atoms with van der Waals surface area (Å²) in [5.74, 6) is -0.944. The van der Waals surface area contributed by atoms with Crippen LogP contribution in [0.2, 0.25) is 0 Å². The average molecular weight is 430 g/mol. The quantitative estimate of drug-likeness (QED) is 0.298. The van der Waals surface area contributed by atoms with E-state index in [0.29, 0.717) is 12.8 Å². The van der Waals surface area contributed by atoms with Crippen molar-refractivity contribution in [2.75, 3.05) is 7.05 Å². The smallest absolute Gasteiger partial charge is 0.296 e. The Balaban J connectivity index is 0.00000129. The molecule has 1 rings (SSSR count). The van der Waals surface area contributed by atoms with E-state index in [1.807, 2.05) is 41.5 Å². The van der Waals surface area contributed by atoms with Gasteiger partial charge in [-0.05, 0) is 76.3 Å².